The Labute approximate surface area is 97.6 Å². The van der Waals surface area contributed by atoms with Gasteiger partial charge in [0.25, 0.3) is 0 Å². The first-order chi connectivity index (χ1) is 7.63. The quantitative estimate of drug-likeness (QED) is 0.854. The Morgan fingerprint density at radius 2 is 2.00 bits per heavy atom. The summed E-state index contributed by atoms with van der Waals surface area (Å²) in [4.78, 5) is 0. The van der Waals surface area contributed by atoms with Gasteiger partial charge in [0.2, 0.25) is 0 Å². The van der Waals surface area contributed by atoms with Crippen molar-refractivity contribution in [3.8, 4) is 0 Å². The fraction of sp³-hybridized carbons (Fsp3) is 0.769. The summed E-state index contributed by atoms with van der Waals surface area (Å²) in [5.41, 5.74) is 1.02. The maximum Gasteiger partial charge on any atom is 0.133 e. The van der Waals surface area contributed by atoms with E-state index in [0.29, 0.717) is 6.04 Å². The highest BCUT2D eigenvalue weighted by molar-refractivity contribution is 5.03. The summed E-state index contributed by atoms with van der Waals surface area (Å²) in [6.07, 6.45) is 3.96. The van der Waals surface area contributed by atoms with Gasteiger partial charge in [0.15, 0.2) is 0 Å². The summed E-state index contributed by atoms with van der Waals surface area (Å²) >= 11 is 0. The van der Waals surface area contributed by atoms with Gasteiger partial charge in [0, 0.05) is 18.7 Å². The van der Waals surface area contributed by atoms with Crippen molar-refractivity contribution in [1.29, 1.82) is 0 Å². The summed E-state index contributed by atoms with van der Waals surface area (Å²) in [5, 5.41) is 7.59. The lowest BCUT2D eigenvalue weighted by Gasteiger charge is -2.31. The van der Waals surface area contributed by atoms with Crippen LogP contribution in [-0.2, 0) is 6.54 Å². The van der Waals surface area contributed by atoms with E-state index in [2.05, 4.69) is 24.3 Å². The Morgan fingerprint density at radius 1 is 1.31 bits per heavy atom. The molecule has 1 aliphatic carbocycles. The van der Waals surface area contributed by atoms with Crippen LogP contribution < -0.4 is 5.32 Å². The monoisotopic (exact) mass is 222 g/mol. The van der Waals surface area contributed by atoms with Crippen molar-refractivity contribution in [2.24, 2.45) is 11.8 Å². The van der Waals surface area contributed by atoms with E-state index >= 15 is 0 Å². The third-order valence-corrected chi connectivity index (χ3v) is 3.43. The maximum atomic E-state index is 5.06. The van der Waals surface area contributed by atoms with Crippen LogP contribution in [-0.4, -0.2) is 11.2 Å². The van der Waals surface area contributed by atoms with Crippen molar-refractivity contribution in [3.63, 3.8) is 0 Å². The molecule has 1 aromatic heterocycles. The van der Waals surface area contributed by atoms with Crippen LogP contribution in [0.5, 0.6) is 0 Å². The van der Waals surface area contributed by atoms with E-state index in [1.165, 1.54) is 19.3 Å². The van der Waals surface area contributed by atoms with Gasteiger partial charge in [0.1, 0.15) is 5.76 Å². The van der Waals surface area contributed by atoms with Crippen LogP contribution in [0, 0.1) is 18.8 Å². The molecule has 0 radical (unpaired) electrons. The summed E-state index contributed by atoms with van der Waals surface area (Å²) in [6, 6.07) is 2.65. The standard InChI is InChI=1S/C13H22N2O/c1-9-4-10(2)6-12(5-9)14-8-13-7-11(3)16-15-13/h7,9-10,12,14H,4-6,8H2,1-3H3. The average Bonchev–Trinajstić information content (AvgIpc) is 2.60. The molecule has 0 bridgehead atoms. The van der Waals surface area contributed by atoms with E-state index in [4.69, 9.17) is 4.52 Å². The van der Waals surface area contributed by atoms with Crippen LogP contribution in [0.25, 0.3) is 0 Å². The number of aryl methyl sites for hydroxylation is 1. The van der Waals surface area contributed by atoms with Gasteiger partial charge < -0.3 is 9.84 Å². The zero-order valence-corrected chi connectivity index (χ0v) is 10.5. The van der Waals surface area contributed by atoms with Gasteiger partial charge in [-0.25, -0.2) is 0 Å². The van der Waals surface area contributed by atoms with Gasteiger partial charge in [-0.05, 0) is 38.0 Å². The predicted octanol–water partition coefficient (Wildman–Crippen LogP) is 2.90. The normalized spacial score (nSPS) is 30.6. The Morgan fingerprint density at radius 3 is 2.56 bits per heavy atom. The van der Waals surface area contributed by atoms with Crippen molar-refractivity contribution < 1.29 is 4.52 Å². The van der Waals surface area contributed by atoms with Crippen molar-refractivity contribution in [1.82, 2.24) is 10.5 Å². The average molecular weight is 222 g/mol. The van der Waals surface area contributed by atoms with Gasteiger partial charge in [-0.1, -0.05) is 19.0 Å². The number of hydrogen-bond acceptors (Lipinski definition) is 3. The highest BCUT2D eigenvalue weighted by Crippen LogP contribution is 2.28. The molecular weight excluding hydrogens is 200 g/mol. The fourth-order valence-corrected chi connectivity index (χ4v) is 2.86. The van der Waals surface area contributed by atoms with Gasteiger partial charge in [0.05, 0.1) is 5.69 Å². The maximum absolute atomic E-state index is 5.06. The second-order valence-corrected chi connectivity index (χ2v) is 5.42. The van der Waals surface area contributed by atoms with E-state index < -0.39 is 0 Å². The summed E-state index contributed by atoms with van der Waals surface area (Å²) in [6.45, 7) is 7.47. The minimum atomic E-state index is 0.649. The van der Waals surface area contributed by atoms with Crippen LogP contribution in [0.3, 0.4) is 0 Å². The molecule has 1 N–H and O–H groups in total. The van der Waals surface area contributed by atoms with Crippen LogP contribution in [0.1, 0.15) is 44.6 Å². The highest BCUT2D eigenvalue weighted by atomic mass is 16.5. The molecule has 16 heavy (non-hydrogen) atoms. The molecule has 1 aromatic rings. The van der Waals surface area contributed by atoms with Crippen molar-refractivity contribution in [2.45, 2.75) is 52.6 Å². The minimum absolute atomic E-state index is 0.649. The molecule has 1 fully saturated rings. The van der Waals surface area contributed by atoms with Gasteiger partial charge in [-0.15, -0.1) is 0 Å². The molecule has 0 spiro atoms. The molecule has 1 aliphatic rings. The molecule has 0 aromatic carbocycles. The van der Waals surface area contributed by atoms with E-state index in [-0.39, 0.29) is 0 Å². The topological polar surface area (TPSA) is 38.1 Å². The molecule has 2 atom stereocenters. The molecule has 90 valence electrons. The Kier molecular flexibility index (Phi) is 3.64. The van der Waals surface area contributed by atoms with Gasteiger partial charge in [-0.3, -0.25) is 0 Å². The Hall–Kier alpha value is -0.830. The van der Waals surface area contributed by atoms with E-state index in [1.807, 2.05) is 13.0 Å². The molecule has 0 amide bonds. The third-order valence-electron chi connectivity index (χ3n) is 3.43. The molecule has 2 unspecified atom stereocenters. The first-order valence-corrected chi connectivity index (χ1v) is 6.29. The number of nitrogens with one attached hydrogen (secondary N) is 1. The lowest BCUT2D eigenvalue weighted by molar-refractivity contribution is 0.237. The van der Waals surface area contributed by atoms with Crippen LogP contribution in [0.15, 0.2) is 10.6 Å². The second kappa shape index (κ2) is 5.00. The molecule has 3 heteroatoms. The molecule has 1 heterocycles. The Bertz CT molecular complexity index is 324. The van der Waals surface area contributed by atoms with Crippen LogP contribution in [0.4, 0.5) is 0 Å². The number of rotatable bonds is 3. The zero-order chi connectivity index (χ0) is 11.5. The minimum Gasteiger partial charge on any atom is -0.361 e. The first kappa shape index (κ1) is 11.6. The van der Waals surface area contributed by atoms with E-state index in [1.54, 1.807) is 0 Å². The fourth-order valence-electron chi connectivity index (χ4n) is 2.86. The predicted molar refractivity (Wildman–Crippen MR) is 64.0 cm³/mol. The molecule has 0 aliphatic heterocycles. The highest BCUT2D eigenvalue weighted by Gasteiger charge is 2.23. The lowest BCUT2D eigenvalue weighted by atomic mass is 9.80. The van der Waals surface area contributed by atoms with E-state index in [0.717, 1.165) is 29.8 Å². The SMILES string of the molecule is Cc1cc(CNC2CC(C)CC(C)C2)no1. The number of aromatic nitrogens is 1. The summed E-state index contributed by atoms with van der Waals surface area (Å²) < 4.78 is 5.06. The molecule has 0 saturated heterocycles. The van der Waals surface area contributed by atoms with E-state index in [9.17, 15) is 0 Å². The van der Waals surface area contributed by atoms with Crippen molar-refractivity contribution >= 4 is 0 Å². The van der Waals surface area contributed by atoms with Gasteiger partial charge in [-0.2, -0.15) is 0 Å². The lowest BCUT2D eigenvalue weighted by Crippen LogP contribution is -2.35. The number of nitrogens with zero attached hydrogens (tertiary/aromatic N) is 1. The number of hydrogen-bond donors (Lipinski definition) is 1. The van der Waals surface area contributed by atoms with Crippen molar-refractivity contribution in [3.05, 3.63) is 17.5 Å². The molecule has 2 rings (SSSR count). The summed E-state index contributed by atoms with van der Waals surface area (Å²) in [7, 11) is 0. The van der Waals surface area contributed by atoms with Crippen LogP contribution in [0.2, 0.25) is 0 Å². The first-order valence-electron chi connectivity index (χ1n) is 6.29. The summed E-state index contributed by atoms with van der Waals surface area (Å²) in [5.74, 6) is 2.59. The molecular formula is C13H22N2O. The largest absolute Gasteiger partial charge is 0.361 e. The Balaban J connectivity index is 1.81. The van der Waals surface area contributed by atoms with Crippen LogP contribution >= 0.6 is 0 Å². The smallest absolute Gasteiger partial charge is 0.133 e. The van der Waals surface area contributed by atoms with Crippen molar-refractivity contribution in [2.75, 3.05) is 0 Å². The molecule has 3 nitrogen and oxygen atoms in total. The third kappa shape index (κ3) is 3.08. The zero-order valence-electron chi connectivity index (χ0n) is 10.5. The van der Waals surface area contributed by atoms with Gasteiger partial charge >= 0.3 is 0 Å². The second-order valence-electron chi connectivity index (χ2n) is 5.42. The molecule has 1 saturated carbocycles.